The van der Waals surface area contributed by atoms with E-state index in [9.17, 15) is 0 Å². The first-order valence-electron chi connectivity index (χ1n) is 19.3. The number of hydrogen-bond acceptors (Lipinski definition) is 0. The molecule has 10 aromatic rings. The molecule has 0 bridgehead atoms. The molecule has 0 saturated heterocycles. The first-order valence-corrected chi connectivity index (χ1v) is 19.3. The Bertz CT molecular complexity index is 3180. The molecule has 0 heterocycles. The molecule has 10 aromatic carbocycles. The molecule has 0 atom stereocenters. The molecule has 0 aliphatic heterocycles. The molecule has 0 spiro atoms. The molecule has 0 aromatic heterocycles. The van der Waals surface area contributed by atoms with Gasteiger partial charge in [0, 0.05) is 5.41 Å². The number of rotatable bonds is 4. The zero-order chi connectivity index (χ0) is 36.7. The van der Waals surface area contributed by atoms with Gasteiger partial charge in [-0.05, 0) is 158 Å². The van der Waals surface area contributed by atoms with Crippen molar-refractivity contribution in [3.8, 4) is 55.6 Å². The SMILES string of the molecule is CC1(C)c2cc(-c3cc(-c4ccc5ccccc5c4)cc(-c4cc5ccccc5c5ccccc45)c3)ccc2-c2ccc(-c3ccc4ccccc4c3)cc21. The third-order valence-corrected chi connectivity index (χ3v) is 12.2. The maximum Gasteiger partial charge on any atom is 0.0159 e. The van der Waals surface area contributed by atoms with Gasteiger partial charge in [-0.3, -0.25) is 0 Å². The van der Waals surface area contributed by atoms with Crippen LogP contribution in [0.3, 0.4) is 0 Å². The van der Waals surface area contributed by atoms with Crippen molar-refractivity contribution < 1.29 is 0 Å². The summed E-state index contributed by atoms with van der Waals surface area (Å²) in [6, 6.07) is 72.4. The van der Waals surface area contributed by atoms with E-state index in [4.69, 9.17) is 0 Å². The van der Waals surface area contributed by atoms with E-state index in [0.717, 1.165) is 0 Å². The van der Waals surface area contributed by atoms with Crippen LogP contribution in [0.5, 0.6) is 0 Å². The first-order chi connectivity index (χ1) is 27.0. The predicted octanol–water partition coefficient (Wildman–Crippen LogP) is 15.3. The minimum Gasteiger partial charge on any atom is -0.0616 e. The van der Waals surface area contributed by atoms with Crippen LogP contribution in [0.25, 0.3) is 98.7 Å². The van der Waals surface area contributed by atoms with Crippen molar-refractivity contribution in [3.05, 3.63) is 205 Å². The lowest BCUT2D eigenvalue weighted by Gasteiger charge is -2.23. The van der Waals surface area contributed by atoms with E-state index in [0.29, 0.717) is 0 Å². The van der Waals surface area contributed by atoms with Gasteiger partial charge in [-0.1, -0.05) is 159 Å². The van der Waals surface area contributed by atoms with Crippen LogP contribution in [0.15, 0.2) is 194 Å². The van der Waals surface area contributed by atoms with Gasteiger partial charge in [-0.25, -0.2) is 0 Å². The summed E-state index contributed by atoms with van der Waals surface area (Å²) >= 11 is 0. The van der Waals surface area contributed by atoms with Gasteiger partial charge in [0.2, 0.25) is 0 Å². The molecule has 11 rings (SSSR count). The second-order valence-corrected chi connectivity index (χ2v) is 15.8. The highest BCUT2D eigenvalue weighted by atomic mass is 14.4. The van der Waals surface area contributed by atoms with Gasteiger partial charge in [0.25, 0.3) is 0 Å². The predicted molar refractivity (Wildman–Crippen MR) is 236 cm³/mol. The molecule has 0 fully saturated rings. The molecule has 0 unspecified atom stereocenters. The van der Waals surface area contributed by atoms with Crippen LogP contribution < -0.4 is 0 Å². The van der Waals surface area contributed by atoms with Crippen LogP contribution in [0.1, 0.15) is 25.0 Å². The summed E-state index contributed by atoms with van der Waals surface area (Å²) in [5.41, 5.74) is 15.2. The molecular weight excluding hydrogens is 661 g/mol. The first kappa shape index (κ1) is 31.7. The fraction of sp³-hybridized carbons (Fsp3) is 0.0545. The van der Waals surface area contributed by atoms with E-state index in [1.807, 2.05) is 0 Å². The van der Waals surface area contributed by atoms with Crippen molar-refractivity contribution in [2.75, 3.05) is 0 Å². The van der Waals surface area contributed by atoms with Crippen LogP contribution in [0.4, 0.5) is 0 Å². The van der Waals surface area contributed by atoms with Crippen LogP contribution in [0.2, 0.25) is 0 Å². The molecule has 1 aliphatic rings. The lowest BCUT2D eigenvalue weighted by atomic mass is 9.80. The molecule has 55 heavy (non-hydrogen) atoms. The van der Waals surface area contributed by atoms with Gasteiger partial charge in [-0.2, -0.15) is 0 Å². The summed E-state index contributed by atoms with van der Waals surface area (Å²) in [7, 11) is 0. The summed E-state index contributed by atoms with van der Waals surface area (Å²) < 4.78 is 0. The highest BCUT2D eigenvalue weighted by Crippen LogP contribution is 2.51. The lowest BCUT2D eigenvalue weighted by molar-refractivity contribution is 0.661. The van der Waals surface area contributed by atoms with Crippen LogP contribution in [-0.4, -0.2) is 0 Å². The summed E-state index contributed by atoms with van der Waals surface area (Å²) in [6.07, 6.45) is 0. The van der Waals surface area contributed by atoms with Crippen LogP contribution >= 0.6 is 0 Å². The van der Waals surface area contributed by atoms with E-state index in [1.165, 1.54) is 110 Å². The maximum atomic E-state index is 2.47. The van der Waals surface area contributed by atoms with Gasteiger partial charge in [0.15, 0.2) is 0 Å². The second-order valence-electron chi connectivity index (χ2n) is 15.8. The Morgan fingerprint density at radius 3 is 1.27 bits per heavy atom. The van der Waals surface area contributed by atoms with Gasteiger partial charge >= 0.3 is 0 Å². The maximum absolute atomic E-state index is 2.47. The highest BCUT2D eigenvalue weighted by Gasteiger charge is 2.36. The van der Waals surface area contributed by atoms with Crippen molar-refractivity contribution in [2.24, 2.45) is 0 Å². The molecule has 0 N–H and O–H groups in total. The van der Waals surface area contributed by atoms with Crippen LogP contribution in [-0.2, 0) is 5.41 Å². The Hall–Kier alpha value is -6.76. The number of hydrogen-bond donors (Lipinski definition) is 0. The highest BCUT2D eigenvalue weighted by molar-refractivity contribution is 6.14. The molecule has 0 nitrogen and oxygen atoms in total. The summed E-state index contributed by atoms with van der Waals surface area (Å²) in [6.45, 7) is 4.79. The molecule has 0 heteroatoms. The van der Waals surface area contributed by atoms with E-state index in [-0.39, 0.29) is 5.41 Å². The molecule has 0 radical (unpaired) electrons. The zero-order valence-corrected chi connectivity index (χ0v) is 31.0. The Morgan fingerprint density at radius 2 is 0.673 bits per heavy atom. The van der Waals surface area contributed by atoms with Crippen molar-refractivity contribution >= 4 is 43.1 Å². The molecule has 0 amide bonds. The third kappa shape index (κ3) is 5.13. The second kappa shape index (κ2) is 12.1. The third-order valence-electron chi connectivity index (χ3n) is 12.2. The fourth-order valence-corrected chi connectivity index (χ4v) is 9.24. The monoisotopic (exact) mass is 698 g/mol. The number of benzene rings is 10. The van der Waals surface area contributed by atoms with Crippen molar-refractivity contribution in [2.45, 2.75) is 19.3 Å². The fourth-order valence-electron chi connectivity index (χ4n) is 9.24. The normalized spacial score (nSPS) is 13.1. The molecular formula is C55H38. The minimum absolute atomic E-state index is 0.152. The molecule has 1 aliphatic carbocycles. The van der Waals surface area contributed by atoms with Gasteiger partial charge in [-0.15, -0.1) is 0 Å². The van der Waals surface area contributed by atoms with E-state index in [2.05, 4.69) is 208 Å². The van der Waals surface area contributed by atoms with Gasteiger partial charge in [0.05, 0.1) is 0 Å². The largest absolute Gasteiger partial charge is 0.0616 e. The topological polar surface area (TPSA) is 0 Å². The van der Waals surface area contributed by atoms with Gasteiger partial charge < -0.3 is 0 Å². The van der Waals surface area contributed by atoms with E-state index < -0.39 is 0 Å². The van der Waals surface area contributed by atoms with Crippen molar-refractivity contribution in [3.63, 3.8) is 0 Å². The lowest BCUT2D eigenvalue weighted by Crippen LogP contribution is -2.15. The molecule has 258 valence electrons. The zero-order valence-electron chi connectivity index (χ0n) is 31.0. The Kier molecular flexibility index (Phi) is 7.00. The Balaban J connectivity index is 1.07. The average molecular weight is 699 g/mol. The summed E-state index contributed by atoms with van der Waals surface area (Å²) in [4.78, 5) is 0. The minimum atomic E-state index is -0.152. The Morgan fingerprint density at radius 1 is 0.255 bits per heavy atom. The average Bonchev–Trinajstić information content (AvgIpc) is 3.47. The smallest absolute Gasteiger partial charge is 0.0159 e. The summed E-state index contributed by atoms with van der Waals surface area (Å²) in [5, 5.41) is 10.2. The van der Waals surface area contributed by atoms with Crippen molar-refractivity contribution in [1.82, 2.24) is 0 Å². The van der Waals surface area contributed by atoms with Crippen LogP contribution in [0, 0.1) is 0 Å². The van der Waals surface area contributed by atoms with Gasteiger partial charge in [0.1, 0.15) is 0 Å². The van der Waals surface area contributed by atoms with E-state index in [1.54, 1.807) is 0 Å². The Labute approximate surface area is 322 Å². The van der Waals surface area contributed by atoms with Crippen molar-refractivity contribution in [1.29, 1.82) is 0 Å². The standard InChI is InChI=1S/C55H38/c1-55(2)53-33-41(39-21-19-35-11-3-5-13-37(35)27-39)23-25-50(53)51-26-24-42(34-54(51)55)45-29-44(40-22-20-36-12-4-6-14-38(36)28-40)30-46(31-45)52-32-43-15-7-8-16-47(43)48-17-9-10-18-49(48)52/h3-34H,1-2H3. The van der Waals surface area contributed by atoms with E-state index >= 15 is 0 Å². The number of fused-ring (bicyclic) bond motifs is 8. The summed E-state index contributed by atoms with van der Waals surface area (Å²) in [5.74, 6) is 0. The molecule has 0 saturated carbocycles. The quantitative estimate of drug-likeness (QED) is 0.161.